The lowest BCUT2D eigenvalue weighted by molar-refractivity contribution is -0.149. The molecule has 5 heterocycles. The van der Waals surface area contributed by atoms with E-state index in [1.165, 1.54) is 6.07 Å². The number of carbonyl (C=O) groups excluding carboxylic acids is 2. The quantitative estimate of drug-likeness (QED) is 0.0404. The number of piperidine rings is 1. The molecule has 0 radical (unpaired) electrons. The van der Waals surface area contributed by atoms with Gasteiger partial charge < -0.3 is 69.8 Å². The van der Waals surface area contributed by atoms with Gasteiger partial charge in [-0.2, -0.15) is 0 Å². The number of allylic oxidation sites excluding steroid dienone is 1. The molecule has 14 atom stereocenters. The fraction of sp³-hybridized carbons (Fsp3) is 0.486. The minimum atomic E-state index is -0.823. The van der Waals surface area contributed by atoms with Gasteiger partial charge >= 0.3 is 5.97 Å². The Bertz CT molecular complexity index is 3940. The number of carbonyl (C=O) groups is 2. The first-order valence-corrected chi connectivity index (χ1v) is 32.9. The molecule has 7 aromatic rings. The molecule has 2 spiro atoms. The molecular formula is C74H84N4O12. The van der Waals surface area contributed by atoms with Gasteiger partial charge in [0, 0.05) is 65.7 Å². The highest BCUT2D eigenvalue weighted by Gasteiger charge is 2.67. The fourth-order valence-electron chi connectivity index (χ4n) is 19.1. The Morgan fingerprint density at radius 3 is 2.53 bits per heavy atom. The second-order valence-corrected chi connectivity index (χ2v) is 27.4. The van der Waals surface area contributed by atoms with Gasteiger partial charge in [0.15, 0.2) is 23.0 Å². The van der Waals surface area contributed by atoms with Crippen LogP contribution >= 0.6 is 0 Å². The Kier molecular flexibility index (Phi) is 16.4. The highest BCUT2D eigenvalue weighted by Crippen LogP contribution is 2.71. The predicted octanol–water partition coefficient (Wildman–Crippen LogP) is 11.1. The van der Waals surface area contributed by atoms with Crippen LogP contribution in [0.1, 0.15) is 143 Å². The molecule has 2 aliphatic heterocycles. The standard InChI is InChI=1S/C74H84N4O12/c1-88-66-37-55-54(36-65(66)86)57-31-45-39-73(40-46(11-8-26-79)74(41-73)68(32-44-10-7-16-64(85)71(44)77-74)78-61-24-25-75-60(61)38-62(78)43-9-6-12-47(81)30-43)58-35-48(82)20-22-53(58)70(45)56(55)34-49(83)33-50(21-18-42-19-23-63(84)67(29-42)89-28-27-80)90-69(87)17-5-3-14-52-51-13-2-4-15-59(51)76-72(52)57/h2,4,6,9,12-13,15,19,23-25,29-31,36-38,44-46,48,50,53,56,58,64,68,70-71,75-77,79-82,84-86H,7-8,10-11,14,16-18,20-22,26-28,32-35,39-41H2,1H3/t44-,45+,46+,48+,50-,53+,56-,58+,64+,68+,70+,71+,73+,74-/m1/s1. The average molecular weight is 1220 g/mol. The summed E-state index contributed by atoms with van der Waals surface area (Å²) in [6.07, 6.45) is 12.3. The van der Waals surface area contributed by atoms with Crippen molar-refractivity contribution in [2.24, 2.45) is 40.9 Å². The summed E-state index contributed by atoms with van der Waals surface area (Å²) in [5, 5.41) is 84.1. The third kappa shape index (κ3) is 10.8. The predicted molar refractivity (Wildman–Crippen MR) is 342 cm³/mol. The van der Waals surface area contributed by atoms with Gasteiger partial charge in [-0.3, -0.25) is 9.59 Å². The van der Waals surface area contributed by atoms with Gasteiger partial charge in [0.1, 0.15) is 30.7 Å². The summed E-state index contributed by atoms with van der Waals surface area (Å²) in [6, 6.07) is 28.5. The molecule has 4 saturated carbocycles. The number of benzene rings is 4. The van der Waals surface area contributed by atoms with Crippen LogP contribution in [0.15, 0.2) is 103 Å². The second kappa shape index (κ2) is 24.6. The van der Waals surface area contributed by atoms with Crippen LogP contribution in [0.3, 0.4) is 0 Å². The van der Waals surface area contributed by atoms with E-state index in [0.29, 0.717) is 50.7 Å². The van der Waals surface area contributed by atoms with E-state index < -0.39 is 41.2 Å². The fourth-order valence-corrected chi connectivity index (χ4v) is 19.1. The van der Waals surface area contributed by atoms with Crippen molar-refractivity contribution in [3.8, 4) is 51.8 Å². The zero-order valence-electron chi connectivity index (χ0n) is 51.2. The Labute approximate surface area is 524 Å². The maximum atomic E-state index is 15.7. The highest BCUT2D eigenvalue weighted by molar-refractivity contribution is 5.95. The van der Waals surface area contributed by atoms with Gasteiger partial charge in [0.2, 0.25) is 0 Å². The average Bonchev–Trinajstić information content (AvgIpc) is 1.51. The molecule has 4 aromatic carbocycles. The molecule has 16 heteroatoms. The number of aromatic nitrogens is 3. The van der Waals surface area contributed by atoms with Gasteiger partial charge in [0.05, 0.1) is 54.4 Å². The number of ether oxygens (including phenoxy) is 3. The maximum Gasteiger partial charge on any atom is 0.318 e. The lowest BCUT2D eigenvalue weighted by atomic mass is 9.47. The first-order chi connectivity index (χ1) is 43.7. The molecule has 0 unspecified atom stereocenters. The number of aliphatic hydroxyl groups excluding tert-OH is 4. The number of aromatic amines is 2. The Balaban J connectivity index is 0.945. The summed E-state index contributed by atoms with van der Waals surface area (Å²) in [5.74, 6) is 5.94. The van der Waals surface area contributed by atoms with E-state index in [1.54, 1.807) is 25.3 Å². The molecule has 16 nitrogen and oxygen atoms in total. The number of para-hydroxylation sites is 1. The van der Waals surface area contributed by atoms with Crippen molar-refractivity contribution in [1.82, 2.24) is 19.9 Å². The van der Waals surface area contributed by atoms with E-state index in [4.69, 9.17) is 14.2 Å². The number of H-pyrrole nitrogens is 2. The molecular weight excluding hydrogens is 1140 g/mol. The largest absolute Gasteiger partial charge is 0.508 e. The number of aromatic hydroxyl groups is 3. The molecule has 5 fully saturated rings. The van der Waals surface area contributed by atoms with Crippen molar-refractivity contribution in [3.05, 3.63) is 131 Å². The summed E-state index contributed by atoms with van der Waals surface area (Å²) in [7, 11) is 1.55. The van der Waals surface area contributed by atoms with Crippen molar-refractivity contribution >= 4 is 39.3 Å². The van der Waals surface area contributed by atoms with Crippen molar-refractivity contribution < 1.29 is 59.5 Å². The minimum Gasteiger partial charge on any atom is -0.508 e. The molecule has 5 aliphatic carbocycles. The third-order valence-electron chi connectivity index (χ3n) is 22.5. The number of rotatable bonds is 12. The number of fused-ring (bicyclic) bond motifs is 11. The van der Waals surface area contributed by atoms with Crippen molar-refractivity contribution in [1.29, 1.82) is 0 Å². The molecule has 7 aliphatic rings. The van der Waals surface area contributed by atoms with Crippen molar-refractivity contribution in [3.63, 3.8) is 0 Å². The van der Waals surface area contributed by atoms with Crippen LogP contribution in [0, 0.1) is 52.8 Å². The summed E-state index contributed by atoms with van der Waals surface area (Å²) in [4.78, 5) is 37.0. The third-order valence-corrected chi connectivity index (χ3v) is 22.5. The van der Waals surface area contributed by atoms with E-state index in [-0.39, 0.29) is 115 Å². The number of Topliss-reactive ketones (excluding diaryl/α,β-unsaturated/α-hetero) is 1. The van der Waals surface area contributed by atoms with E-state index in [0.717, 1.165) is 118 Å². The second-order valence-electron chi connectivity index (χ2n) is 27.4. The summed E-state index contributed by atoms with van der Waals surface area (Å²) in [5.41, 5.74) is 9.00. The Morgan fingerprint density at radius 1 is 0.822 bits per heavy atom. The zero-order chi connectivity index (χ0) is 62.0. The van der Waals surface area contributed by atoms with E-state index in [1.807, 2.05) is 42.6 Å². The van der Waals surface area contributed by atoms with Crippen LogP contribution in [0.5, 0.6) is 28.7 Å². The molecule has 10 N–H and O–H groups in total. The number of hydrogen-bond donors (Lipinski definition) is 10. The molecule has 3 aromatic heterocycles. The lowest BCUT2D eigenvalue weighted by Gasteiger charge is -2.59. The number of ketones is 1. The van der Waals surface area contributed by atoms with E-state index >= 15 is 4.79 Å². The Hall–Kier alpha value is -7.52. The number of nitrogens with zero attached hydrogens (tertiary/aromatic N) is 1. The van der Waals surface area contributed by atoms with Crippen LogP contribution in [0.2, 0.25) is 0 Å². The first kappa shape index (κ1) is 60.1. The number of phenols is 3. The van der Waals surface area contributed by atoms with Crippen LogP contribution < -0.4 is 14.8 Å². The molecule has 2 bridgehead atoms. The van der Waals surface area contributed by atoms with Crippen LogP contribution in [-0.4, -0.2) is 119 Å². The number of aliphatic hydroxyl groups is 4. The molecule has 90 heavy (non-hydrogen) atoms. The van der Waals surface area contributed by atoms with Gasteiger partial charge in [0.25, 0.3) is 0 Å². The monoisotopic (exact) mass is 1220 g/mol. The van der Waals surface area contributed by atoms with Crippen LogP contribution in [0.25, 0.3) is 38.8 Å². The number of esters is 1. The smallest absolute Gasteiger partial charge is 0.318 e. The Morgan fingerprint density at radius 2 is 1.69 bits per heavy atom. The zero-order valence-corrected chi connectivity index (χ0v) is 51.2. The SMILES string of the molecule is COc1cc2c(cc1O)C1=C[C@H]3C[C@@]4(C[C@H](CCCO)[C@@]5(C4)N[C@H]4[C@H](CCC[C@@H]4O)C[C@@H]5n4c(-c5cccc(O)c5)cc5[nH]ccc54)[C@H]4C[C@@H](O)CC[C@@H]4[C@H]3[C@@H]2CC(=O)C[C@@H](CCc2ccc(O)c(OCCO)c2)OC(=O)CC#CCc2c1[nH]c1ccccc21. The van der Waals surface area contributed by atoms with Crippen molar-refractivity contribution in [2.75, 3.05) is 26.9 Å². The lowest BCUT2D eigenvalue weighted by Crippen LogP contribution is -2.67. The van der Waals surface area contributed by atoms with Crippen LogP contribution in [-0.2, 0) is 27.2 Å². The number of cyclic esters (lactones) is 1. The van der Waals surface area contributed by atoms with E-state index in [2.05, 4.69) is 68.1 Å². The summed E-state index contributed by atoms with van der Waals surface area (Å²) < 4.78 is 20.5. The minimum absolute atomic E-state index is 0.00298. The summed E-state index contributed by atoms with van der Waals surface area (Å²) in [6.45, 7) is -0.205. The molecule has 1 saturated heterocycles. The van der Waals surface area contributed by atoms with Crippen molar-refractivity contribution in [2.45, 2.75) is 157 Å². The van der Waals surface area contributed by atoms with Gasteiger partial charge in [-0.25, -0.2) is 0 Å². The number of hydrogen-bond acceptors (Lipinski definition) is 13. The summed E-state index contributed by atoms with van der Waals surface area (Å²) >= 11 is 0. The maximum absolute atomic E-state index is 15.7. The van der Waals surface area contributed by atoms with Crippen LogP contribution in [0.4, 0.5) is 0 Å². The molecule has 472 valence electrons. The number of aryl methyl sites for hydroxylation is 1. The topological polar surface area (TPSA) is 252 Å². The molecule has 0 amide bonds. The molecule has 14 rings (SSSR count). The number of nitrogens with one attached hydrogen (secondary N) is 3. The highest BCUT2D eigenvalue weighted by atomic mass is 16.5. The van der Waals surface area contributed by atoms with E-state index in [9.17, 15) is 40.5 Å². The van der Waals surface area contributed by atoms with Gasteiger partial charge in [-0.05, 0) is 207 Å². The van der Waals surface area contributed by atoms with Gasteiger partial charge in [-0.15, -0.1) is 0 Å². The number of phenolic OH excluding ortho intramolecular Hbond substituents is 3. The normalized spacial score (nSPS) is 30.8. The first-order valence-electron chi connectivity index (χ1n) is 32.9. The number of methoxy groups -OCH3 is 1. The van der Waals surface area contributed by atoms with Gasteiger partial charge in [-0.1, -0.05) is 60.7 Å².